The molecule has 6 atom stereocenters. The van der Waals surface area contributed by atoms with Crippen LogP contribution in [0.1, 0.15) is 136 Å². The second-order valence-corrected chi connectivity index (χ2v) is 15.4. The third-order valence-electron chi connectivity index (χ3n) is 8.86. The number of carbonyl (C=O) groups excluding carboxylic acids is 2. The molecule has 2 unspecified atom stereocenters. The molecular weight excluding hydrogens is 729 g/mol. The maximum atomic E-state index is 12.7. The SMILES string of the molecule is CCCCC/C=C/C/C=C/C/C=C/C/C=C/C/C=C/CCC(=O)O[C@H](COC(=O)CCCCCCCCCC)CO[C@H]1O[C@H](CS(=O)(=O)O)[C@@H](O)C(O)C1O. The summed E-state index contributed by atoms with van der Waals surface area (Å²) in [6, 6.07) is 0. The van der Waals surface area contributed by atoms with Gasteiger partial charge in [0.25, 0.3) is 10.1 Å². The second-order valence-electron chi connectivity index (χ2n) is 14.0. The van der Waals surface area contributed by atoms with Crippen LogP contribution >= 0.6 is 0 Å². The summed E-state index contributed by atoms with van der Waals surface area (Å²) in [5.74, 6) is -2.10. The van der Waals surface area contributed by atoms with E-state index < -0.39 is 71.2 Å². The number of aliphatic hydroxyl groups excluding tert-OH is 3. The number of aliphatic hydroxyl groups is 3. The van der Waals surface area contributed by atoms with E-state index in [0.29, 0.717) is 19.3 Å². The van der Waals surface area contributed by atoms with Gasteiger partial charge in [-0.15, -0.1) is 0 Å². The normalized spacial score (nSPS) is 21.5. The van der Waals surface area contributed by atoms with E-state index in [1.54, 1.807) is 0 Å². The van der Waals surface area contributed by atoms with Gasteiger partial charge in [-0.3, -0.25) is 14.1 Å². The zero-order valence-electron chi connectivity index (χ0n) is 33.3. The van der Waals surface area contributed by atoms with E-state index in [-0.39, 0.29) is 19.4 Å². The first kappa shape index (κ1) is 50.4. The van der Waals surface area contributed by atoms with Gasteiger partial charge in [0.1, 0.15) is 36.8 Å². The number of ether oxygens (including phenoxy) is 4. The highest BCUT2D eigenvalue weighted by Crippen LogP contribution is 2.23. The van der Waals surface area contributed by atoms with Gasteiger partial charge in [0.2, 0.25) is 0 Å². The molecule has 55 heavy (non-hydrogen) atoms. The number of carbonyl (C=O) groups is 2. The Bertz CT molecular complexity index is 1260. The first-order chi connectivity index (χ1) is 26.5. The standard InChI is InChI=1S/C42H70O12S/c1-3-5-7-9-11-13-14-15-16-17-18-19-20-21-22-23-25-27-29-31-38(44)53-35(32-51-37(43)30-28-26-24-12-10-8-6-4-2)33-52-42-41(47)40(46)39(45)36(54-42)34-55(48,49)50/h11,13,15-16,18-19,21-22,25,27,35-36,39-42,45-47H,3-10,12,14,17,20,23-24,26,28-34H2,1-2H3,(H,48,49,50)/b13-11+,16-15+,19-18+,22-21+,27-25+/t35-,36-,39-,40?,41?,42+/m1/s1. The van der Waals surface area contributed by atoms with Gasteiger partial charge in [-0.05, 0) is 51.4 Å². The third-order valence-corrected chi connectivity index (χ3v) is 9.61. The molecule has 0 aromatic heterocycles. The molecule has 1 rings (SSSR count). The van der Waals surface area contributed by atoms with Crippen LogP contribution in [0.15, 0.2) is 60.8 Å². The number of unbranched alkanes of at least 4 members (excludes halogenated alkanes) is 10. The van der Waals surface area contributed by atoms with E-state index >= 15 is 0 Å². The predicted octanol–water partition coefficient (Wildman–Crippen LogP) is 7.39. The van der Waals surface area contributed by atoms with Crippen molar-refractivity contribution in [3.63, 3.8) is 0 Å². The Morgan fingerprint density at radius 3 is 1.69 bits per heavy atom. The Kier molecular flexibility index (Phi) is 29.7. The molecule has 1 fully saturated rings. The van der Waals surface area contributed by atoms with Crippen LogP contribution < -0.4 is 0 Å². The Balaban J connectivity index is 2.54. The van der Waals surface area contributed by atoms with Crippen molar-refractivity contribution < 1.29 is 56.8 Å². The van der Waals surface area contributed by atoms with E-state index in [0.717, 1.165) is 44.9 Å². The summed E-state index contributed by atoms with van der Waals surface area (Å²) in [6.07, 6.45) is 28.8. The first-order valence-electron chi connectivity index (χ1n) is 20.3. The van der Waals surface area contributed by atoms with E-state index in [4.69, 9.17) is 18.9 Å². The number of esters is 2. The molecule has 13 heteroatoms. The van der Waals surface area contributed by atoms with Gasteiger partial charge in [-0.2, -0.15) is 8.42 Å². The lowest BCUT2D eigenvalue weighted by Crippen LogP contribution is -2.60. The Morgan fingerprint density at radius 2 is 1.13 bits per heavy atom. The smallest absolute Gasteiger partial charge is 0.306 e. The zero-order valence-corrected chi connectivity index (χ0v) is 34.1. The van der Waals surface area contributed by atoms with Crippen molar-refractivity contribution in [3.05, 3.63) is 60.8 Å². The number of rotatable bonds is 32. The van der Waals surface area contributed by atoms with E-state index in [1.807, 2.05) is 18.2 Å². The fourth-order valence-corrected chi connectivity index (χ4v) is 6.35. The van der Waals surface area contributed by atoms with Gasteiger partial charge in [-0.25, -0.2) is 0 Å². The average Bonchev–Trinajstić information content (AvgIpc) is 3.14. The van der Waals surface area contributed by atoms with Gasteiger partial charge in [0.15, 0.2) is 12.4 Å². The topological polar surface area (TPSA) is 186 Å². The van der Waals surface area contributed by atoms with Crippen LogP contribution in [0.2, 0.25) is 0 Å². The average molecular weight is 799 g/mol. The summed E-state index contributed by atoms with van der Waals surface area (Å²) in [7, 11) is -4.61. The van der Waals surface area contributed by atoms with Crippen LogP contribution in [0, 0.1) is 0 Å². The van der Waals surface area contributed by atoms with Gasteiger partial charge >= 0.3 is 11.9 Å². The molecule has 0 amide bonds. The monoisotopic (exact) mass is 798 g/mol. The molecule has 0 aromatic carbocycles. The minimum atomic E-state index is -4.61. The Morgan fingerprint density at radius 1 is 0.618 bits per heavy atom. The summed E-state index contributed by atoms with van der Waals surface area (Å²) >= 11 is 0. The fourth-order valence-electron chi connectivity index (χ4n) is 5.66. The van der Waals surface area contributed by atoms with E-state index in [2.05, 4.69) is 56.4 Å². The second kappa shape index (κ2) is 32.4. The Hall–Kier alpha value is -2.65. The van der Waals surface area contributed by atoms with Crippen LogP contribution in [0.25, 0.3) is 0 Å². The predicted molar refractivity (Wildman–Crippen MR) is 215 cm³/mol. The molecule has 0 radical (unpaired) electrons. The summed E-state index contributed by atoms with van der Waals surface area (Å²) in [6.45, 7) is 3.60. The minimum Gasteiger partial charge on any atom is -0.462 e. The molecule has 1 aliphatic rings. The van der Waals surface area contributed by atoms with Crippen LogP contribution in [0.5, 0.6) is 0 Å². The van der Waals surface area contributed by atoms with Crippen molar-refractivity contribution >= 4 is 22.1 Å². The highest BCUT2D eigenvalue weighted by molar-refractivity contribution is 7.85. The number of hydrogen-bond acceptors (Lipinski definition) is 11. The van der Waals surface area contributed by atoms with Crippen LogP contribution in [0.3, 0.4) is 0 Å². The van der Waals surface area contributed by atoms with Crippen LogP contribution in [-0.2, 0) is 38.7 Å². The minimum absolute atomic E-state index is 0.0394. The van der Waals surface area contributed by atoms with Gasteiger partial charge < -0.3 is 34.3 Å². The van der Waals surface area contributed by atoms with Crippen molar-refractivity contribution in [3.8, 4) is 0 Å². The Labute approximate surface area is 330 Å². The number of hydrogen-bond donors (Lipinski definition) is 4. The van der Waals surface area contributed by atoms with Gasteiger partial charge in [-0.1, -0.05) is 132 Å². The van der Waals surface area contributed by atoms with E-state index in [1.165, 1.54) is 44.9 Å². The van der Waals surface area contributed by atoms with Crippen molar-refractivity contribution in [2.24, 2.45) is 0 Å². The fraction of sp³-hybridized carbons (Fsp3) is 0.714. The molecule has 1 saturated heterocycles. The highest BCUT2D eigenvalue weighted by atomic mass is 32.2. The maximum Gasteiger partial charge on any atom is 0.306 e. The summed E-state index contributed by atoms with van der Waals surface area (Å²) in [4.78, 5) is 25.2. The molecule has 0 spiro atoms. The molecule has 4 N–H and O–H groups in total. The molecule has 0 aromatic rings. The zero-order chi connectivity index (χ0) is 40.6. The molecule has 0 saturated carbocycles. The van der Waals surface area contributed by atoms with Crippen molar-refractivity contribution in [1.29, 1.82) is 0 Å². The summed E-state index contributed by atoms with van der Waals surface area (Å²) in [5.41, 5.74) is 0. The lowest BCUT2D eigenvalue weighted by molar-refractivity contribution is -0.297. The summed E-state index contributed by atoms with van der Waals surface area (Å²) in [5, 5.41) is 30.7. The van der Waals surface area contributed by atoms with Crippen molar-refractivity contribution in [2.45, 2.75) is 173 Å². The molecular formula is C42H70O12S. The highest BCUT2D eigenvalue weighted by Gasteiger charge is 2.46. The third kappa shape index (κ3) is 27.6. The quantitative estimate of drug-likeness (QED) is 0.0229. The molecule has 12 nitrogen and oxygen atoms in total. The molecule has 1 aliphatic heterocycles. The largest absolute Gasteiger partial charge is 0.462 e. The lowest BCUT2D eigenvalue weighted by Gasteiger charge is -2.40. The molecule has 1 heterocycles. The van der Waals surface area contributed by atoms with Gasteiger partial charge in [0, 0.05) is 12.8 Å². The first-order valence-corrected chi connectivity index (χ1v) is 22.0. The van der Waals surface area contributed by atoms with Gasteiger partial charge in [0.05, 0.1) is 6.61 Å². The maximum absolute atomic E-state index is 12.7. The summed E-state index contributed by atoms with van der Waals surface area (Å²) < 4.78 is 53.7. The lowest BCUT2D eigenvalue weighted by atomic mass is 10.00. The van der Waals surface area contributed by atoms with Crippen molar-refractivity contribution in [2.75, 3.05) is 19.0 Å². The van der Waals surface area contributed by atoms with Crippen molar-refractivity contribution in [1.82, 2.24) is 0 Å². The van der Waals surface area contributed by atoms with E-state index in [9.17, 15) is 37.9 Å². The molecule has 0 aliphatic carbocycles. The molecule has 316 valence electrons. The number of allylic oxidation sites excluding steroid dienone is 10. The molecule has 0 bridgehead atoms. The van der Waals surface area contributed by atoms with Crippen LogP contribution in [-0.4, -0.2) is 96.0 Å². The van der Waals surface area contributed by atoms with Crippen LogP contribution in [0.4, 0.5) is 0 Å².